The van der Waals surface area contributed by atoms with Gasteiger partial charge in [0.05, 0.1) is 10.6 Å². The Morgan fingerprint density at radius 2 is 2.00 bits per heavy atom. The Morgan fingerprint density at radius 1 is 1.19 bits per heavy atom. The average molecular weight is 306 g/mol. The summed E-state index contributed by atoms with van der Waals surface area (Å²) in [6, 6.07) is 10.5. The molecule has 108 valence electrons. The second-order valence-corrected chi connectivity index (χ2v) is 4.95. The van der Waals surface area contributed by atoms with E-state index < -0.39 is 5.97 Å². The van der Waals surface area contributed by atoms with Gasteiger partial charge in [-0.2, -0.15) is 0 Å². The number of carboxylic acids is 1. The van der Waals surface area contributed by atoms with Crippen LogP contribution in [0.15, 0.2) is 36.4 Å². The molecule has 0 radical (unpaired) electrons. The zero-order valence-electron chi connectivity index (χ0n) is 10.9. The van der Waals surface area contributed by atoms with Crippen LogP contribution in [0.4, 0.5) is 5.69 Å². The maximum Gasteiger partial charge on any atom is 0.337 e. The first kappa shape index (κ1) is 13.6. The summed E-state index contributed by atoms with van der Waals surface area (Å²) in [4.78, 5) is 10.9. The number of halogens is 1. The average Bonchev–Trinajstić information content (AvgIpc) is 2.92. The molecule has 5 nitrogen and oxygen atoms in total. The number of benzene rings is 2. The molecule has 0 amide bonds. The van der Waals surface area contributed by atoms with E-state index in [-0.39, 0.29) is 17.4 Å². The van der Waals surface area contributed by atoms with Gasteiger partial charge in [-0.05, 0) is 35.9 Å². The van der Waals surface area contributed by atoms with E-state index in [1.54, 1.807) is 12.1 Å². The first-order valence-corrected chi connectivity index (χ1v) is 6.66. The number of carbonyl (C=O) groups is 1. The lowest BCUT2D eigenvalue weighted by molar-refractivity contribution is 0.0697. The lowest BCUT2D eigenvalue weighted by atomic mass is 10.1. The fourth-order valence-electron chi connectivity index (χ4n) is 2.05. The highest BCUT2D eigenvalue weighted by atomic mass is 35.5. The number of fused-ring (bicyclic) bond motifs is 1. The topological polar surface area (TPSA) is 67.8 Å². The monoisotopic (exact) mass is 305 g/mol. The fourth-order valence-corrected chi connectivity index (χ4v) is 2.31. The molecule has 0 saturated carbocycles. The van der Waals surface area contributed by atoms with Gasteiger partial charge in [0.1, 0.15) is 0 Å². The Labute approximate surface area is 126 Å². The molecule has 0 atom stereocenters. The number of rotatable bonds is 4. The van der Waals surface area contributed by atoms with E-state index >= 15 is 0 Å². The van der Waals surface area contributed by atoms with Gasteiger partial charge in [0.25, 0.3) is 0 Å². The highest BCUT2D eigenvalue weighted by Gasteiger charge is 2.13. The van der Waals surface area contributed by atoms with Gasteiger partial charge in [-0.3, -0.25) is 0 Å². The van der Waals surface area contributed by atoms with Crippen LogP contribution < -0.4 is 14.8 Å². The highest BCUT2D eigenvalue weighted by Crippen LogP contribution is 2.32. The maximum absolute atomic E-state index is 10.9. The third-order valence-electron chi connectivity index (χ3n) is 3.13. The number of anilines is 1. The first-order valence-electron chi connectivity index (χ1n) is 6.29. The van der Waals surface area contributed by atoms with Crippen LogP contribution in [0, 0.1) is 0 Å². The summed E-state index contributed by atoms with van der Waals surface area (Å²) >= 11 is 5.93. The lowest BCUT2D eigenvalue weighted by Gasteiger charge is -2.08. The molecule has 2 aromatic carbocycles. The van der Waals surface area contributed by atoms with Crippen molar-refractivity contribution < 1.29 is 19.4 Å². The Balaban J connectivity index is 1.70. The number of hydrogen-bond acceptors (Lipinski definition) is 4. The number of hydrogen-bond donors (Lipinski definition) is 2. The number of carboxylic acid groups (broad SMARTS) is 1. The van der Waals surface area contributed by atoms with Gasteiger partial charge < -0.3 is 19.9 Å². The minimum absolute atomic E-state index is 0.0882. The molecule has 6 heteroatoms. The van der Waals surface area contributed by atoms with Crippen LogP contribution in [-0.2, 0) is 6.54 Å². The third-order valence-corrected chi connectivity index (χ3v) is 3.45. The van der Waals surface area contributed by atoms with Crippen molar-refractivity contribution in [2.45, 2.75) is 6.54 Å². The molecular weight excluding hydrogens is 294 g/mol. The van der Waals surface area contributed by atoms with Gasteiger partial charge in [0, 0.05) is 12.2 Å². The van der Waals surface area contributed by atoms with Crippen molar-refractivity contribution in [2.75, 3.05) is 12.1 Å². The summed E-state index contributed by atoms with van der Waals surface area (Å²) in [6.45, 7) is 0.817. The van der Waals surface area contributed by atoms with Gasteiger partial charge in [-0.15, -0.1) is 0 Å². The van der Waals surface area contributed by atoms with Gasteiger partial charge >= 0.3 is 5.97 Å². The van der Waals surface area contributed by atoms with E-state index in [9.17, 15) is 4.79 Å². The molecular formula is C15H12ClNO4. The molecule has 1 aliphatic rings. The maximum atomic E-state index is 10.9. The minimum atomic E-state index is -1.04. The summed E-state index contributed by atoms with van der Waals surface area (Å²) in [7, 11) is 0. The van der Waals surface area contributed by atoms with E-state index in [1.165, 1.54) is 6.07 Å². The van der Waals surface area contributed by atoms with E-state index in [1.807, 2.05) is 18.2 Å². The van der Waals surface area contributed by atoms with Crippen molar-refractivity contribution >= 4 is 23.3 Å². The van der Waals surface area contributed by atoms with Crippen LogP contribution in [0.5, 0.6) is 11.5 Å². The second kappa shape index (κ2) is 5.54. The fraction of sp³-hybridized carbons (Fsp3) is 0.133. The van der Waals surface area contributed by atoms with E-state index in [0.717, 1.165) is 22.7 Å². The van der Waals surface area contributed by atoms with Crippen LogP contribution >= 0.6 is 11.6 Å². The second-order valence-electron chi connectivity index (χ2n) is 4.54. The van der Waals surface area contributed by atoms with Crippen molar-refractivity contribution in [3.05, 3.63) is 52.5 Å². The normalized spacial score (nSPS) is 12.2. The largest absolute Gasteiger partial charge is 0.478 e. The standard InChI is InChI=1S/C15H12ClNO4/c16-12-6-10(2-3-11(12)15(18)19)17-7-9-1-4-13-14(5-9)21-8-20-13/h1-6,17H,7-8H2,(H,18,19). The predicted octanol–water partition coefficient (Wildman–Crippen LogP) is 3.38. The molecule has 0 saturated heterocycles. The number of ether oxygens (including phenoxy) is 2. The quantitative estimate of drug-likeness (QED) is 0.906. The first-order chi connectivity index (χ1) is 10.1. The third kappa shape index (κ3) is 2.87. The van der Waals surface area contributed by atoms with Crippen molar-refractivity contribution in [1.82, 2.24) is 0 Å². The van der Waals surface area contributed by atoms with E-state index in [2.05, 4.69) is 5.32 Å². The Bertz CT molecular complexity index is 702. The smallest absolute Gasteiger partial charge is 0.337 e. The number of nitrogens with one attached hydrogen (secondary N) is 1. The zero-order chi connectivity index (χ0) is 14.8. The number of aromatic carboxylic acids is 1. The molecule has 0 unspecified atom stereocenters. The van der Waals surface area contributed by atoms with Crippen LogP contribution in [0.1, 0.15) is 15.9 Å². The van der Waals surface area contributed by atoms with Crippen molar-refractivity contribution in [1.29, 1.82) is 0 Å². The molecule has 21 heavy (non-hydrogen) atoms. The van der Waals surface area contributed by atoms with Gasteiger partial charge in [-0.25, -0.2) is 4.79 Å². The van der Waals surface area contributed by atoms with Gasteiger partial charge in [-0.1, -0.05) is 17.7 Å². The SMILES string of the molecule is O=C(O)c1ccc(NCc2ccc3c(c2)OCO3)cc1Cl. The van der Waals surface area contributed by atoms with E-state index in [4.69, 9.17) is 26.2 Å². The van der Waals surface area contributed by atoms with Crippen LogP contribution in [0.3, 0.4) is 0 Å². The highest BCUT2D eigenvalue weighted by molar-refractivity contribution is 6.33. The van der Waals surface area contributed by atoms with Crippen molar-refractivity contribution in [2.24, 2.45) is 0 Å². The molecule has 1 heterocycles. The summed E-state index contributed by atoms with van der Waals surface area (Å²) < 4.78 is 10.6. The minimum Gasteiger partial charge on any atom is -0.478 e. The van der Waals surface area contributed by atoms with Gasteiger partial charge in [0.15, 0.2) is 11.5 Å². The summed E-state index contributed by atoms with van der Waals surface area (Å²) in [5.41, 5.74) is 1.87. The van der Waals surface area contributed by atoms with Crippen LogP contribution in [0.25, 0.3) is 0 Å². The summed E-state index contributed by atoms with van der Waals surface area (Å²) in [5.74, 6) is 0.434. The molecule has 0 spiro atoms. The van der Waals surface area contributed by atoms with Crippen molar-refractivity contribution in [3.63, 3.8) is 0 Å². The molecule has 0 bridgehead atoms. The Kier molecular flexibility index (Phi) is 3.58. The molecule has 0 aliphatic carbocycles. The summed E-state index contributed by atoms with van der Waals surface area (Å²) in [6.07, 6.45) is 0. The Hall–Kier alpha value is -2.40. The van der Waals surface area contributed by atoms with Gasteiger partial charge in [0.2, 0.25) is 6.79 Å². The zero-order valence-corrected chi connectivity index (χ0v) is 11.7. The molecule has 1 aliphatic heterocycles. The van der Waals surface area contributed by atoms with Crippen molar-refractivity contribution in [3.8, 4) is 11.5 Å². The van der Waals surface area contributed by atoms with Crippen LogP contribution in [0.2, 0.25) is 5.02 Å². The summed E-state index contributed by atoms with van der Waals surface area (Å²) in [5, 5.41) is 12.3. The van der Waals surface area contributed by atoms with Crippen LogP contribution in [-0.4, -0.2) is 17.9 Å². The predicted molar refractivity (Wildman–Crippen MR) is 78.3 cm³/mol. The molecule has 0 aromatic heterocycles. The molecule has 2 aromatic rings. The molecule has 2 N–H and O–H groups in total. The van der Waals surface area contributed by atoms with E-state index in [0.29, 0.717) is 6.54 Å². The lowest BCUT2D eigenvalue weighted by Crippen LogP contribution is -2.02. The molecule has 3 rings (SSSR count). The Morgan fingerprint density at radius 3 is 2.76 bits per heavy atom. The molecule has 0 fully saturated rings.